The lowest BCUT2D eigenvalue weighted by Gasteiger charge is -2.35. The van der Waals surface area contributed by atoms with E-state index in [1.807, 2.05) is 28.9 Å². The number of H-pyrrole nitrogens is 1. The summed E-state index contributed by atoms with van der Waals surface area (Å²) in [5.74, 6) is 0.0756. The van der Waals surface area contributed by atoms with E-state index in [0.717, 1.165) is 16.7 Å². The largest absolute Gasteiger partial charge is 0.367 e. The van der Waals surface area contributed by atoms with Gasteiger partial charge in [0.25, 0.3) is 11.8 Å². The van der Waals surface area contributed by atoms with Crippen LogP contribution >= 0.6 is 0 Å². The summed E-state index contributed by atoms with van der Waals surface area (Å²) in [6.45, 7) is 10.7. The molecule has 0 bridgehead atoms. The Balaban J connectivity index is 1.70. The number of carbonyl (C=O) groups excluding carboxylic acids is 2. The minimum Gasteiger partial charge on any atom is -0.367 e. The Morgan fingerprint density at radius 3 is 2.12 bits per heavy atom. The molecule has 1 saturated heterocycles. The van der Waals surface area contributed by atoms with Gasteiger partial charge in [0.1, 0.15) is 0 Å². The summed E-state index contributed by atoms with van der Waals surface area (Å²) in [6, 6.07) is 7.93. The minimum absolute atomic E-state index is 0.00437. The smallest absolute Gasteiger partial charge is 0.255 e. The molecular weight excluding hydrogens is 326 g/mol. The third kappa shape index (κ3) is 3.66. The van der Waals surface area contributed by atoms with E-state index in [4.69, 9.17) is 0 Å². The minimum atomic E-state index is 0.00437. The van der Waals surface area contributed by atoms with Gasteiger partial charge in [0, 0.05) is 44.1 Å². The summed E-state index contributed by atoms with van der Waals surface area (Å²) < 4.78 is 0. The van der Waals surface area contributed by atoms with Crippen LogP contribution < -0.4 is 0 Å². The Morgan fingerprint density at radius 1 is 0.962 bits per heavy atom. The summed E-state index contributed by atoms with van der Waals surface area (Å²) in [5.41, 5.74) is 3.59. The van der Waals surface area contributed by atoms with E-state index in [1.54, 1.807) is 18.5 Å². The maximum Gasteiger partial charge on any atom is 0.255 e. The topological polar surface area (TPSA) is 56.4 Å². The predicted octanol–water partition coefficient (Wildman–Crippen LogP) is 3.22. The van der Waals surface area contributed by atoms with Crippen LogP contribution in [0.5, 0.6) is 0 Å². The van der Waals surface area contributed by atoms with Crippen molar-refractivity contribution in [2.75, 3.05) is 26.2 Å². The molecule has 0 spiro atoms. The van der Waals surface area contributed by atoms with Crippen LogP contribution in [0.25, 0.3) is 0 Å². The quantitative estimate of drug-likeness (QED) is 0.901. The van der Waals surface area contributed by atoms with Crippen LogP contribution in [0, 0.1) is 6.92 Å². The van der Waals surface area contributed by atoms with Crippen LogP contribution in [-0.4, -0.2) is 52.8 Å². The SMILES string of the molecule is Cc1ccc(C(C)(C)C)cc1C(=O)N1CCN(C(=O)c2cc[nH]c2)CC1. The molecule has 1 aromatic heterocycles. The second-order valence-electron chi connectivity index (χ2n) is 7.96. The second-order valence-corrected chi connectivity index (χ2v) is 7.96. The molecule has 1 aliphatic rings. The average molecular weight is 353 g/mol. The molecule has 2 heterocycles. The lowest BCUT2D eigenvalue weighted by Crippen LogP contribution is -2.50. The summed E-state index contributed by atoms with van der Waals surface area (Å²) in [5, 5.41) is 0. The number of piperazine rings is 1. The van der Waals surface area contributed by atoms with E-state index >= 15 is 0 Å². The zero-order valence-corrected chi connectivity index (χ0v) is 16.0. The Kier molecular flexibility index (Phi) is 4.90. The zero-order chi connectivity index (χ0) is 18.9. The number of carbonyl (C=O) groups is 2. The number of aromatic nitrogens is 1. The van der Waals surface area contributed by atoms with E-state index in [1.165, 1.54) is 0 Å². The monoisotopic (exact) mass is 353 g/mol. The number of nitrogens with zero attached hydrogens (tertiary/aromatic N) is 2. The number of benzene rings is 1. The molecule has 5 nitrogen and oxygen atoms in total. The number of aromatic amines is 1. The first-order valence-electron chi connectivity index (χ1n) is 9.10. The van der Waals surface area contributed by atoms with Gasteiger partial charge in [-0.1, -0.05) is 32.9 Å². The van der Waals surface area contributed by atoms with Crippen LogP contribution in [-0.2, 0) is 5.41 Å². The highest BCUT2D eigenvalue weighted by Crippen LogP contribution is 2.25. The summed E-state index contributed by atoms with van der Waals surface area (Å²) in [7, 11) is 0. The van der Waals surface area contributed by atoms with Crippen molar-refractivity contribution in [1.82, 2.24) is 14.8 Å². The molecule has 1 aromatic carbocycles. The first kappa shape index (κ1) is 18.2. The summed E-state index contributed by atoms with van der Waals surface area (Å²) in [6.07, 6.45) is 3.46. The maximum atomic E-state index is 13.0. The molecule has 138 valence electrons. The van der Waals surface area contributed by atoms with E-state index in [9.17, 15) is 9.59 Å². The standard InChI is InChI=1S/C21H27N3O2/c1-15-5-6-17(21(2,3)4)13-18(15)20(26)24-11-9-23(10-12-24)19(25)16-7-8-22-14-16/h5-8,13-14,22H,9-12H2,1-4H3. The van der Waals surface area contributed by atoms with Gasteiger partial charge in [-0.25, -0.2) is 0 Å². The summed E-state index contributed by atoms with van der Waals surface area (Å²) >= 11 is 0. The molecule has 1 aliphatic heterocycles. The van der Waals surface area contributed by atoms with Gasteiger partial charge in [0.05, 0.1) is 5.56 Å². The molecule has 0 atom stereocenters. The number of aryl methyl sites for hydroxylation is 1. The molecular formula is C21H27N3O2. The van der Waals surface area contributed by atoms with Crippen molar-refractivity contribution < 1.29 is 9.59 Å². The first-order valence-corrected chi connectivity index (χ1v) is 9.10. The number of nitrogens with one attached hydrogen (secondary N) is 1. The lowest BCUT2D eigenvalue weighted by atomic mass is 9.85. The predicted molar refractivity (Wildman–Crippen MR) is 102 cm³/mol. The molecule has 0 aliphatic carbocycles. The molecule has 0 unspecified atom stereocenters. The van der Waals surface area contributed by atoms with Crippen LogP contribution in [0.3, 0.4) is 0 Å². The third-order valence-corrected chi connectivity index (χ3v) is 5.03. The van der Waals surface area contributed by atoms with Gasteiger partial charge in [-0.2, -0.15) is 0 Å². The van der Waals surface area contributed by atoms with E-state index in [-0.39, 0.29) is 17.2 Å². The van der Waals surface area contributed by atoms with Gasteiger partial charge in [-0.3, -0.25) is 9.59 Å². The molecule has 5 heteroatoms. The number of rotatable bonds is 2. The summed E-state index contributed by atoms with van der Waals surface area (Å²) in [4.78, 5) is 32.0. The van der Waals surface area contributed by atoms with Crippen molar-refractivity contribution in [3.05, 3.63) is 58.9 Å². The van der Waals surface area contributed by atoms with Crippen molar-refractivity contribution >= 4 is 11.8 Å². The fourth-order valence-electron chi connectivity index (χ4n) is 3.24. The van der Waals surface area contributed by atoms with Gasteiger partial charge in [-0.05, 0) is 35.6 Å². The molecule has 2 aromatic rings. The van der Waals surface area contributed by atoms with Crippen LogP contribution in [0.4, 0.5) is 0 Å². The van der Waals surface area contributed by atoms with Gasteiger partial charge >= 0.3 is 0 Å². The number of amides is 2. The zero-order valence-electron chi connectivity index (χ0n) is 16.0. The van der Waals surface area contributed by atoms with Crippen molar-refractivity contribution in [3.8, 4) is 0 Å². The normalized spacial score (nSPS) is 15.2. The molecule has 0 saturated carbocycles. The Morgan fingerprint density at radius 2 is 1.58 bits per heavy atom. The van der Waals surface area contributed by atoms with Crippen LogP contribution in [0.15, 0.2) is 36.7 Å². The van der Waals surface area contributed by atoms with Crippen molar-refractivity contribution in [1.29, 1.82) is 0 Å². The fraction of sp³-hybridized carbons (Fsp3) is 0.429. The highest BCUT2D eigenvalue weighted by Gasteiger charge is 2.27. The fourth-order valence-corrected chi connectivity index (χ4v) is 3.24. The van der Waals surface area contributed by atoms with Crippen molar-refractivity contribution in [2.45, 2.75) is 33.1 Å². The van der Waals surface area contributed by atoms with Crippen molar-refractivity contribution in [2.24, 2.45) is 0 Å². The molecule has 3 rings (SSSR count). The Labute approximate surface area is 155 Å². The second kappa shape index (κ2) is 6.98. The van der Waals surface area contributed by atoms with Gasteiger partial charge in [0.2, 0.25) is 0 Å². The van der Waals surface area contributed by atoms with Gasteiger partial charge in [-0.15, -0.1) is 0 Å². The van der Waals surface area contributed by atoms with E-state index < -0.39 is 0 Å². The van der Waals surface area contributed by atoms with Crippen LogP contribution in [0.2, 0.25) is 0 Å². The van der Waals surface area contributed by atoms with Crippen molar-refractivity contribution in [3.63, 3.8) is 0 Å². The number of hydrogen-bond donors (Lipinski definition) is 1. The van der Waals surface area contributed by atoms with Crippen LogP contribution in [0.1, 0.15) is 52.6 Å². The maximum absolute atomic E-state index is 13.0. The Hall–Kier alpha value is -2.56. The van der Waals surface area contributed by atoms with E-state index in [2.05, 4.69) is 31.8 Å². The lowest BCUT2D eigenvalue weighted by molar-refractivity contribution is 0.0535. The van der Waals surface area contributed by atoms with Gasteiger partial charge < -0.3 is 14.8 Å². The molecule has 1 fully saturated rings. The Bertz CT molecular complexity index is 795. The first-order chi connectivity index (χ1) is 12.3. The average Bonchev–Trinajstić information content (AvgIpc) is 3.14. The molecule has 1 N–H and O–H groups in total. The highest BCUT2D eigenvalue weighted by atomic mass is 16.2. The highest BCUT2D eigenvalue weighted by molar-refractivity contribution is 5.97. The third-order valence-electron chi connectivity index (χ3n) is 5.03. The van der Waals surface area contributed by atoms with E-state index in [0.29, 0.717) is 31.7 Å². The molecule has 26 heavy (non-hydrogen) atoms. The van der Waals surface area contributed by atoms with Gasteiger partial charge in [0.15, 0.2) is 0 Å². The number of hydrogen-bond acceptors (Lipinski definition) is 2. The molecule has 0 radical (unpaired) electrons. The molecule has 2 amide bonds.